The van der Waals surface area contributed by atoms with Gasteiger partial charge >= 0.3 is 0 Å². The fourth-order valence-corrected chi connectivity index (χ4v) is 3.12. The maximum absolute atomic E-state index is 6.09. The van der Waals surface area contributed by atoms with Crippen molar-refractivity contribution in [3.05, 3.63) is 29.3 Å². The van der Waals surface area contributed by atoms with Gasteiger partial charge in [-0.05, 0) is 62.6 Å². The lowest BCUT2D eigenvalue weighted by atomic mass is 10.0. The van der Waals surface area contributed by atoms with Crippen molar-refractivity contribution in [1.82, 2.24) is 10.2 Å². The molecule has 0 aromatic heterocycles. The van der Waals surface area contributed by atoms with E-state index in [1.54, 1.807) is 0 Å². The fraction of sp³-hybridized carbons (Fsp3) is 0.562. The monoisotopic (exact) mass is 325 g/mol. The Balaban J connectivity index is 1.62. The van der Waals surface area contributed by atoms with Gasteiger partial charge in [-0.2, -0.15) is 0 Å². The lowest BCUT2D eigenvalue weighted by Crippen LogP contribution is -2.37. The molecule has 0 spiro atoms. The molecule has 1 fully saturated rings. The molecule has 1 aromatic carbocycles. The van der Waals surface area contributed by atoms with Crippen molar-refractivity contribution >= 4 is 34.6 Å². The first kappa shape index (κ1) is 16.5. The van der Waals surface area contributed by atoms with Gasteiger partial charge in [-0.15, -0.1) is 0 Å². The van der Waals surface area contributed by atoms with Gasteiger partial charge < -0.3 is 15.5 Å². The van der Waals surface area contributed by atoms with Crippen LogP contribution in [0.1, 0.15) is 26.2 Å². The predicted octanol–water partition coefficient (Wildman–Crippen LogP) is 3.75. The van der Waals surface area contributed by atoms with Crippen molar-refractivity contribution in [3.63, 3.8) is 0 Å². The third-order valence-electron chi connectivity index (χ3n) is 3.80. The molecular weight excluding hydrogens is 302 g/mol. The minimum absolute atomic E-state index is 0.634. The highest BCUT2D eigenvalue weighted by Crippen LogP contribution is 2.20. The maximum Gasteiger partial charge on any atom is 0.170 e. The molecule has 0 radical (unpaired) electrons. The first-order chi connectivity index (χ1) is 10.1. The van der Waals surface area contributed by atoms with Crippen LogP contribution in [0.15, 0.2) is 24.3 Å². The van der Waals surface area contributed by atoms with Crippen LogP contribution in [-0.2, 0) is 0 Å². The Morgan fingerprint density at radius 3 is 3.00 bits per heavy atom. The van der Waals surface area contributed by atoms with Crippen LogP contribution in [0.3, 0.4) is 0 Å². The molecule has 3 nitrogen and oxygen atoms in total. The summed E-state index contributed by atoms with van der Waals surface area (Å²) >= 11 is 11.4. The van der Waals surface area contributed by atoms with Crippen LogP contribution in [0.5, 0.6) is 0 Å². The smallest absolute Gasteiger partial charge is 0.170 e. The number of piperidine rings is 1. The number of hydrogen-bond acceptors (Lipinski definition) is 2. The number of halogens is 1. The Morgan fingerprint density at radius 2 is 2.24 bits per heavy atom. The summed E-state index contributed by atoms with van der Waals surface area (Å²) in [6, 6.07) is 7.62. The van der Waals surface area contributed by atoms with Gasteiger partial charge in [-0.3, -0.25) is 0 Å². The SMILES string of the molecule is C[C@H]1CCCN(CCCNC(=S)Nc2ccccc2Cl)C1. The number of rotatable bonds is 5. The van der Waals surface area contributed by atoms with E-state index in [0.717, 1.165) is 31.1 Å². The molecule has 5 heteroatoms. The van der Waals surface area contributed by atoms with Crippen LogP contribution in [-0.4, -0.2) is 36.2 Å². The van der Waals surface area contributed by atoms with Crippen molar-refractivity contribution in [1.29, 1.82) is 0 Å². The Hall–Kier alpha value is -0.840. The molecule has 1 aliphatic rings. The normalized spacial score (nSPS) is 19.2. The molecule has 116 valence electrons. The molecule has 0 unspecified atom stereocenters. The average molecular weight is 326 g/mol. The number of para-hydroxylation sites is 1. The zero-order chi connectivity index (χ0) is 15.1. The second-order valence-electron chi connectivity index (χ2n) is 5.76. The molecular formula is C16H24ClN3S. The summed E-state index contributed by atoms with van der Waals surface area (Å²) in [6.07, 6.45) is 3.82. The summed E-state index contributed by atoms with van der Waals surface area (Å²) in [5.74, 6) is 0.842. The third-order valence-corrected chi connectivity index (χ3v) is 4.38. The minimum atomic E-state index is 0.634. The van der Waals surface area contributed by atoms with E-state index in [9.17, 15) is 0 Å². The van der Waals surface area contributed by atoms with Gasteiger partial charge in [0.2, 0.25) is 0 Å². The van der Waals surface area contributed by atoms with Crippen LogP contribution < -0.4 is 10.6 Å². The van der Waals surface area contributed by atoms with Gasteiger partial charge in [0.15, 0.2) is 5.11 Å². The Kier molecular flexibility index (Phi) is 6.74. The summed E-state index contributed by atoms with van der Waals surface area (Å²) in [6.45, 7) is 6.86. The molecule has 0 saturated carbocycles. The molecule has 1 aromatic rings. The van der Waals surface area contributed by atoms with Crippen LogP contribution >= 0.6 is 23.8 Å². The summed E-state index contributed by atoms with van der Waals surface area (Å²) in [4.78, 5) is 2.56. The summed E-state index contributed by atoms with van der Waals surface area (Å²) in [5, 5.41) is 7.69. The van der Waals surface area contributed by atoms with Crippen LogP contribution in [0.4, 0.5) is 5.69 Å². The van der Waals surface area contributed by atoms with Gasteiger partial charge in [0.1, 0.15) is 0 Å². The lowest BCUT2D eigenvalue weighted by molar-refractivity contribution is 0.182. The molecule has 2 rings (SSSR count). The zero-order valence-electron chi connectivity index (χ0n) is 12.6. The van der Waals surface area contributed by atoms with Crippen molar-refractivity contribution in [2.45, 2.75) is 26.2 Å². The van der Waals surface area contributed by atoms with Gasteiger partial charge in [-0.25, -0.2) is 0 Å². The standard InChI is InChI=1S/C16H24ClN3S/c1-13-6-4-10-20(12-13)11-5-9-18-16(21)19-15-8-3-2-7-14(15)17/h2-3,7-8,13H,4-6,9-12H2,1H3,(H2,18,19,21)/t13-/m0/s1. The second kappa shape index (κ2) is 8.57. The number of likely N-dealkylation sites (tertiary alicyclic amines) is 1. The molecule has 1 aliphatic heterocycles. The highest BCUT2D eigenvalue weighted by atomic mass is 35.5. The molecule has 1 saturated heterocycles. The Labute approximate surface area is 138 Å². The molecule has 2 N–H and O–H groups in total. The van der Waals surface area contributed by atoms with Crippen molar-refractivity contribution in [3.8, 4) is 0 Å². The van der Waals surface area contributed by atoms with Crippen molar-refractivity contribution < 1.29 is 0 Å². The number of nitrogens with zero attached hydrogens (tertiary/aromatic N) is 1. The average Bonchev–Trinajstić information content (AvgIpc) is 2.46. The number of thiocarbonyl (C=S) groups is 1. The van der Waals surface area contributed by atoms with Gasteiger partial charge in [0.25, 0.3) is 0 Å². The van der Waals surface area contributed by atoms with E-state index >= 15 is 0 Å². The maximum atomic E-state index is 6.09. The molecule has 0 bridgehead atoms. The quantitative estimate of drug-likeness (QED) is 0.637. The molecule has 1 atom stereocenters. The summed E-state index contributed by atoms with van der Waals surface area (Å²) in [7, 11) is 0. The number of benzene rings is 1. The van der Waals surface area contributed by atoms with Gasteiger partial charge in [-0.1, -0.05) is 30.7 Å². The van der Waals surface area contributed by atoms with E-state index in [1.807, 2.05) is 24.3 Å². The van der Waals surface area contributed by atoms with Gasteiger partial charge in [0.05, 0.1) is 10.7 Å². The Bertz CT molecular complexity index is 467. The van der Waals surface area contributed by atoms with E-state index in [0.29, 0.717) is 10.1 Å². The number of nitrogens with one attached hydrogen (secondary N) is 2. The van der Waals surface area contributed by atoms with Crippen molar-refractivity contribution in [2.75, 3.05) is 31.5 Å². The van der Waals surface area contributed by atoms with E-state index < -0.39 is 0 Å². The van der Waals surface area contributed by atoms with E-state index in [1.165, 1.54) is 25.9 Å². The molecule has 21 heavy (non-hydrogen) atoms. The molecule has 0 amide bonds. The lowest BCUT2D eigenvalue weighted by Gasteiger charge is -2.30. The first-order valence-electron chi connectivity index (χ1n) is 7.67. The largest absolute Gasteiger partial charge is 0.362 e. The van der Waals surface area contributed by atoms with Crippen LogP contribution in [0.2, 0.25) is 5.02 Å². The highest BCUT2D eigenvalue weighted by molar-refractivity contribution is 7.80. The van der Waals surface area contributed by atoms with Gasteiger partial charge in [0, 0.05) is 13.1 Å². The van der Waals surface area contributed by atoms with Crippen LogP contribution in [0.25, 0.3) is 0 Å². The second-order valence-corrected chi connectivity index (χ2v) is 6.58. The van der Waals surface area contributed by atoms with E-state index in [2.05, 4.69) is 22.5 Å². The number of hydrogen-bond donors (Lipinski definition) is 2. The first-order valence-corrected chi connectivity index (χ1v) is 8.45. The minimum Gasteiger partial charge on any atom is -0.362 e. The number of anilines is 1. The van der Waals surface area contributed by atoms with Crippen LogP contribution in [0, 0.1) is 5.92 Å². The zero-order valence-corrected chi connectivity index (χ0v) is 14.1. The van der Waals surface area contributed by atoms with Crippen molar-refractivity contribution in [2.24, 2.45) is 5.92 Å². The predicted molar refractivity (Wildman–Crippen MR) is 95.1 cm³/mol. The van der Waals surface area contributed by atoms with E-state index in [-0.39, 0.29) is 0 Å². The Morgan fingerprint density at radius 1 is 1.43 bits per heavy atom. The topological polar surface area (TPSA) is 27.3 Å². The van der Waals surface area contributed by atoms with E-state index in [4.69, 9.17) is 23.8 Å². The molecule has 0 aliphatic carbocycles. The summed E-state index contributed by atoms with van der Waals surface area (Å²) < 4.78 is 0. The third kappa shape index (κ3) is 5.81. The fourth-order valence-electron chi connectivity index (χ4n) is 2.72. The highest BCUT2D eigenvalue weighted by Gasteiger charge is 2.15. The molecule has 1 heterocycles. The summed E-state index contributed by atoms with van der Waals surface area (Å²) in [5.41, 5.74) is 0.849.